The van der Waals surface area contributed by atoms with Gasteiger partial charge in [-0.2, -0.15) is 0 Å². The summed E-state index contributed by atoms with van der Waals surface area (Å²) in [7, 11) is -3.19. The first-order valence-electron chi connectivity index (χ1n) is 6.90. The molecule has 0 aliphatic carbocycles. The number of carbonyl (C=O) groups excluding carboxylic acids is 1. The Kier molecular flexibility index (Phi) is 4.49. The third-order valence-electron chi connectivity index (χ3n) is 3.69. The van der Waals surface area contributed by atoms with Crippen LogP contribution in [-0.4, -0.2) is 42.5 Å². The van der Waals surface area contributed by atoms with Gasteiger partial charge in [-0.1, -0.05) is 6.92 Å². The second kappa shape index (κ2) is 5.97. The van der Waals surface area contributed by atoms with Crippen LogP contribution in [0.5, 0.6) is 0 Å². The molecule has 0 radical (unpaired) electrons. The summed E-state index contributed by atoms with van der Waals surface area (Å²) < 4.78 is 25.8. The minimum absolute atomic E-state index is 0.00730. The largest absolute Gasteiger partial charge is 0.366 e. The summed E-state index contributed by atoms with van der Waals surface area (Å²) in [6, 6.07) is 1.65. The van der Waals surface area contributed by atoms with Crippen molar-refractivity contribution in [3.63, 3.8) is 0 Å². The van der Waals surface area contributed by atoms with Crippen LogP contribution >= 0.6 is 0 Å². The Morgan fingerprint density at radius 3 is 2.95 bits per heavy atom. The number of nitrogens with zero attached hydrogens (tertiary/aromatic N) is 1. The Balaban J connectivity index is 2.19. The monoisotopic (exact) mass is 299 g/mol. The number of amides is 1. The second-order valence-electron chi connectivity index (χ2n) is 5.18. The van der Waals surface area contributed by atoms with Crippen molar-refractivity contribution in [2.45, 2.75) is 32.1 Å². The SMILES string of the molecule is CCCS(=O)(=O)N1CCCC(c2[nH]ccc2C(N)=O)C1. The van der Waals surface area contributed by atoms with E-state index < -0.39 is 15.9 Å². The molecule has 2 rings (SSSR count). The number of carbonyl (C=O) groups is 1. The van der Waals surface area contributed by atoms with Crippen LogP contribution in [0.15, 0.2) is 12.3 Å². The highest BCUT2D eigenvalue weighted by atomic mass is 32.2. The minimum Gasteiger partial charge on any atom is -0.366 e. The van der Waals surface area contributed by atoms with E-state index in [9.17, 15) is 13.2 Å². The molecule has 3 N–H and O–H groups in total. The van der Waals surface area contributed by atoms with Gasteiger partial charge >= 0.3 is 0 Å². The van der Waals surface area contributed by atoms with Gasteiger partial charge in [0.2, 0.25) is 10.0 Å². The van der Waals surface area contributed by atoms with Crippen molar-refractivity contribution in [2.75, 3.05) is 18.8 Å². The van der Waals surface area contributed by atoms with Crippen LogP contribution in [0.4, 0.5) is 0 Å². The quantitative estimate of drug-likeness (QED) is 0.850. The average molecular weight is 299 g/mol. The molecule has 0 spiro atoms. The zero-order valence-corrected chi connectivity index (χ0v) is 12.4. The first-order chi connectivity index (χ1) is 9.45. The molecule has 0 saturated carbocycles. The molecule has 0 aromatic carbocycles. The predicted octanol–water partition coefficient (Wildman–Crippen LogP) is 1.03. The topological polar surface area (TPSA) is 96.3 Å². The molecule has 1 aromatic rings. The summed E-state index contributed by atoms with van der Waals surface area (Å²) in [4.78, 5) is 14.4. The van der Waals surface area contributed by atoms with Crippen LogP contribution in [-0.2, 0) is 10.0 Å². The van der Waals surface area contributed by atoms with Gasteiger partial charge in [-0.05, 0) is 25.3 Å². The second-order valence-corrected chi connectivity index (χ2v) is 7.27. The first-order valence-corrected chi connectivity index (χ1v) is 8.51. The summed E-state index contributed by atoms with van der Waals surface area (Å²) in [5, 5.41) is 0. The smallest absolute Gasteiger partial charge is 0.250 e. The molecule has 1 fully saturated rings. The van der Waals surface area contributed by atoms with Crippen LogP contribution in [0, 0.1) is 0 Å². The lowest BCUT2D eigenvalue weighted by molar-refractivity contribution is 0.0998. The van der Waals surface area contributed by atoms with Crippen molar-refractivity contribution in [3.8, 4) is 0 Å². The first kappa shape index (κ1) is 15.1. The molecule has 112 valence electrons. The number of H-pyrrole nitrogens is 1. The van der Waals surface area contributed by atoms with E-state index >= 15 is 0 Å². The third-order valence-corrected chi connectivity index (χ3v) is 5.73. The molecular weight excluding hydrogens is 278 g/mol. The summed E-state index contributed by atoms with van der Waals surface area (Å²) in [5.74, 6) is -0.296. The van der Waals surface area contributed by atoms with Gasteiger partial charge in [-0.25, -0.2) is 12.7 Å². The highest BCUT2D eigenvalue weighted by molar-refractivity contribution is 7.89. The van der Waals surface area contributed by atoms with Crippen molar-refractivity contribution < 1.29 is 13.2 Å². The number of hydrogen-bond acceptors (Lipinski definition) is 3. The van der Waals surface area contributed by atoms with Gasteiger partial charge in [-0.3, -0.25) is 4.79 Å². The molecule has 20 heavy (non-hydrogen) atoms. The Morgan fingerprint density at radius 1 is 1.55 bits per heavy atom. The fourth-order valence-electron chi connectivity index (χ4n) is 2.75. The van der Waals surface area contributed by atoms with Gasteiger partial charge in [0, 0.05) is 30.9 Å². The van der Waals surface area contributed by atoms with Crippen molar-refractivity contribution in [1.82, 2.24) is 9.29 Å². The molecular formula is C13H21N3O3S. The molecule has 1 saturated heterocycles. The molecule has 2 heterocycles. The van der Waals surface area contributed by atoms with Crippen molar-refractivity contribution in [2.24, 2.45) is 5.73 Å². The Bertz CT molecular complexity index is 579. The molecule has 1 aromatic heterocycles. The molecule has 0 bridgehead atoms. The lowest BCUT2D eigenvalue weighted by Crippen LogP contribution is -2.40. The number of piperidine rings is 1. The van der Waals surface area contributed by atoms with Gasteiger partial charge in [0.05, 0.1) is 11.3 Å². The standard InChI is InChI=1S/C13H21N3O3S/c1-2-8-20(18,19)16-7-3-4-10(9-16)12-11(13(14)17)5-6-15-12/h5-6,10,15H,2-4,7-9H2,1H3,(H2,14,17). The van der Waals surface area contributed by atoms with Gasteiger partial charge in [0.15, 0.2) is 0 Å². The summed E-state index contributed by atoms with van der Waals surface area (Å²) in [6.45, 7) is 2.84. The Labute approximate surface area is 119 Å². The zero-order chi connectivity index (χ0) is 14.8. The highest BCUT2D eigenvalue weighted by Gasteiger charge is 2.31. The van der Waals surface area contributed by atoms with Crippen LogP contribution in [0.1, 0.15) is 48.2 Å². The van der Waals surface area contributed by atoms with Crippen LogP contribution in [0.3, 0.4) is 0 Å². The van der Waals surface area contributed by atoms with Crippen LogP contribution < -0.4 is 5.73 Å². The third kappa shape index (κ3) is 3.04. The fourth-order valence-corrected chi connectivity index (χ4v) is 4.34. The fraction of sp³-hybridized carbons (Fsp3) is 0.615. The van der Waals surface area contributed by atoms with E-state index in [1.807, 2.05) is 6.92 Å². The van der Waals surface area contributed by atoms with E-state index in [1.54, 1.807) is 12.3 Å². The Morgan fingerprint density at radius 2 is 2.30 bits per heavy atom. The molecule has 1 aliphatic heterocycles. The summed E-state index contributed by atoms with van der Waals surface area (Å²) >= 11 is 0. The number of primary amides is 1. The average Bonchev–Trinajstić information content (AvgIpc) is 2.88. The number of nitrogens with one attached hydrogen (secondary N) is 1. The van der Waals surface area contributed by atoms with Crippen molar-refractivity contribution >= 4 is 15.9 Å². The molecule has 1 amide bonds. The van der Waals surface area contributed by atoms with E-state index in [1.165, 1.54) is 4.31 Å². The number of aromatic nitrogens is 1. The lowest BCUT2D eigenvalue weighted by Gasteiger charge is -2.31. The van der Waals surface area contributed by atoms with E-state index in [0.29, 0.717) is 25.1 Å². The maximum atomic E-state index is 12.1. The van der Waals surface area contributed by atoms with Crippen LogP contribution in [0.2, 0.25) is 0 Å². The van der Waals surface area contributed by atoms with Gasteiger partial charge < -0.3 is 10.7 Å². The predicted molar refractivity (Wildman–Crippen MR) is 76.9 cm³/mol. The van der Waals surface area contributed by atoms with Gasteiger partial charge in [0.1, 0.15) is 0 Å². The van der Waals surface area contributed by atoms with Crippen molar-refractivity contribution in [3.05, 3.63) is 23.5 Å². The van der Waals surface area contributed by atoms with E-state index in [2.05, 4.69) is 4.98 Å². The number of sulfonamides is 1. The Hall–Kier alpha value is -1.34. The summed E-state index contributed by atoms with van der Waals surface area (Å²) in [6.07, 6.45) is 3.94. The van der Waals surface area contributed by atoms with Crippen LogP contribution in [0.25, 0.3) is 0 Å². The summed E-state index contributed by atoms with van der Waals surface area (Å²) in [5.41, 5.74) is 6.56. The molecule has 1 atom stereocenters. The van der Waals surface area contributed by atoms with Crippen molar-refractivity contribution in [1.29, 1.82) is 0 Å². The lowest BCUT2D eigenvalue weighted by atomic mass is 9.93. The molecule has 7 heteroatoms. The normalized spacial score (nSPS) is 20.9. The van der Waals surface area contributed by atoms with E-state index in [4.69, 9.17) is 5.73 Å². The number of rotatable bonds is 5. The highest BCUT2D eigenvalue weighted by Crippen LogP contribution is 2.29. The van der Waals surface area contributed by atoms with Gasteiger partial charge in [-0.15, -0.1) is 0 Å². The molecule has 1 aliphatic rings. The van der Waals surface area contributed by atoms with E-state index in [-0.39, 0.29) is 11.7 Å². The minimum atomic E-state index is -3.19. The molecule has 1 unspecified atom stereocenters. The maximum absolute atomic E-state index is 12.1. The zero-order valence-electron chi connectivity index (χ0n) is 11.6. The number of aromatic amines is 1. The number of hydrogen-bond donors (Lipinski definition) is 2. The van der Waals surface area contributed by atoms with Gasteiger partial charge in [0.25, 0.3) is 5.91 Å². The molecule has 6 nitrogen and oxygen atoms in total. The maximum Gasteiger partial charge on any atom is 0.250 e. The van der Waals surface area contributed by atoms with E-state index in [0.717, 1.165) is 18.5 Å². The number of nitrogens with two attached hydrogens (primary N) is 1.